The van der Waals surface area contributed by atoms with Crippen molar-refractivity contribution in [2.45, 2.75) is 18.2 Å². The van der Waals surface area contributed by atoms with Gasteiger partial charge in [0.25, 0.3) is 0 Å². The molecule has 0 saturated carbocycles. The standard InChI is InChI=1S/C18H21NO3S/c1-15-6-12-18(13-7-15)23(20,21)19-14-4-3-5-16-8-10-17(22-2)11-9-16/h3,5-13,19H,4,14H2,1-2H3/b5-3+. The minimum absolute atomic E-state index is 0.294. The van der Waals surface area contributed by atoms with Crippen molar-refractivity contribution < 1.29 is 13.2 Å². The molecule has 1 N–H and O–H groups in total. The first-order valence-electron chi connectivity index (χ1n) is 7.38. The smallest absolute Gasteiger partial charge is 0.240 e. The Morgan fingerprint density at radius 1 is 1.04 bits per heavy atom. The van der Waals surface area contributed by atoms with Crippen molar-refractivity contribution in [3.05, 3.63) is 65.7 Å². The fraction of sp³-hybridized carbons (Fsp3) is 0.222. The number of hydrogen-bond donors (Lipinski definition) is 1. The second-order valence-electron chi connectivity index (χ2n) is 5.18. The SMILES string of the molecule is COc1ccc(/C=C/CCNS(=O)(=O)c2ccc(C)cc2)cc1. The van der Waals surface area contributed by atoms with Crippen LogP contribution >= 0.6 is 0 Å². The molecule has 122 valence electrons. The minimum atomic E-state index is -3.43. The van der Waals surface area contributed by atoms with Gasteiger partial charge in [0.2, 0.25) is 10.0 Å². The zero-order valence-electron chi connectivity index (χ0n) is 13.3. The molecule has 2 aromatic rings. The fourth-order valence-electron chi connectivity index (χ4n) is 2.01. The number of ether oxygens (including phenoxy) is 1. The molecule has 0 aliphatic rings. The van der Waals surface area contributed by atoms with Crippen molar-refractivity contribution in [2.24, 2.45) is 0 Å². The summed E-state index contributed by atoms with van der Waals surface area (Å²) in [6, 6.07) is 14.5. The van der Waals surface area contributed by atoms with Gasteiger partial charge in [-0.2, -0.15) is 0 Å². The molecule has 2 aromatic carbocycles. The Morgan fingerprint density at radius 2 is 1.70 bits per heavy atom. The van der Waals surface area contributed by atoms with Gasteiger partial charge in [-0.1, -0.05) is 42.0 Å². The highest BCUT2D eigenvalue weighted by atomic mass is 32.2. The largest absolute Gasteiger partial charge is 0.497 e. The van der Waals surface area contributed by atoms with E-state index in [0.29, 0.717) is 17.9 Å². The van der Waals surface area contributed by atoms with Gasteiger partial charge < -0.3 is 4.74 Å². The van der Waals surface area contributed by atoms with Crippen LogP contribution in [-0.4, -0.2) is 22.1 Å². The second-order valence-corrected chi connectivity index (χ2v) is 6.94. The molecule has 0 bridgehead atoms. The predicted octanol–water partition coefficient (Wildman–Crippen LogP) is 3.39. The van der Waals surface area contributed by atoms with E-state index in [9.17, 15) is 8.42 Å². The molecule has 0 saturated heterocycles. The van der Waals surface area contributed by atoms with E-state index in [2.05, 4.69) is 4.72 Å². The van der Waals surface area contributed by atoms with Crippen molar-refractivity contribution in [3.63, 3.8) is 0 Å². The van der Waals surface area contributed by atoms with E-state index in [0.717, 1.165) is 16.9 Å². The number of benzene rings is 2. The summed E-state index contributed by atoms with van der Waals surface area (Å²) in [5.74, 6) is 0.813. The zero-order chi connectivity index (χ0) is 16.7. The molecular weight excluding hydrogens is 310 g/mol. The van der Waals surface area contributed by atoms with Crippen LogP contribution in [0.3, 0.4) is 0 Å². The highest BCUT2D eigenvalue weighted by Crippen LogP contribution is 2.13. The third-order valence-corrected chi connectivity index (χ3v) is 4.84. The minimum Gasteiger partial charge on any atom is -0.497 e. The van der Waals surface area contributed by atoms with E-state index in [1.165, 1.54) is 0 Å². The summed E-state index contributed by atoms with van der Waals surface area (Å²) in [4.78, 5) is 0.294. The maximum atomic E-state index is 12.1. The fourth-order valence-corrected chi connectivity index (χ4v) is 3.06. The van der Waals surface area contributed by atoms with Crippen LogP contribution in [0.2, 0.25) is 0 Å². The molecule has 0 radical (unpaired) electrons. The molecule has 5 heteroatoms. The van der Waals surface area contributed by atoms with Crippen molar-refractivity contribution in [3.8, 4) is 5.75 Å². The number of aryl methyl sites for hydroxylation is 1. The quantitative estimate of drug-likeness (QED) is 0.791. The van der Waals surface area contributed by atoms with E-state index < -0.39 is 10.0 Å². The molecule has 0 aliphatic carbocycles. The summed E-state index contributed by atoms with van der Waals surface area (Å²) < 4.78 is 31.9. The van der Waals surface area contributed by atoms with Crippen molar-refractivity contribution in [1.82, 2.24) is 4.72 Å². The van der Waals surface area contributed by atoms with Gasteiger partial charge in [-0.25, -0.2) is 13.1 Å². The van der Waals surface area contributed by atoms with Crippen LogP contribution in [-0.2, 0) is 10.0 Å². The molecule has 0 aliphatic heterocycles. The van der Waals surface area contributed by atoms with Crippen molar-refractivity contribution >= 4 is 16.1 Å². The number of hydrogen-bond acceptors (Lipinski definition) is 3. The van der Waals surface area contributed by atoms with E-state index in [-0.39, 0.29) is 0 Å². The summed E-state index contributed by atoms with van der Waals surface area (Å²) in [7, 11) is -1.80. The van der Waals surface area contributed by atoms with E-state index in [1.54, 1.807) is 31.4 Å². The average Bonchev–Trinajstić information content (AvgIpc) is 2.55. The van der Waals surface area contributed by atoms with E-state index in [4.69, 9.17) is 4.74 Å². The van der Waals surface area contributed by atoms with E-state index >= 15 is 0 Å². The first-order valence-corrected chi connectivity index (χ1v) is 8.86. The third-order valence-electron chi connectivity index (χ3n) is 3.36. The lowest BCUT2D eigenvalue weighted by atomic mass is 10.2. The monoisotopic (exact) mass is 331 g/mol. The molecule has 0 atom stereocenters. The summed E-state index contributed by atoms with van der Waals surface area (Å²) in [6.45, 7) is 2.29. The predicted molar refractivity (Wildman–Crippen MR) is 93.0 cm³/mol. The Bertz CT molecular complexity index is 748. The van der Waals surface area contributed by atoms with Gasteiger partial charge in [0, 0.05) is 6.54 Å². The van der Waals surface area contributed by atoms with Crippen LogP contribution in [0, 0.1) is 6.92 Å². The van der Waals surface area contributed by atoms with Gasteiger partial charge >= 0.3 is 0 Å². The topological polar surface area (TPSA) is 55.4 Å². The third kappa shape index (κ3) is 5.23. The summed E-state index contributed by atoms with van der Waals surface area (Å²) >= 11 is 0. The lowest BCUT2D eigenvalue weighted by molar-refractivity contribution is 0.415. The Labute approximate surface area is 137 Å². The van der Waals surface area contributed by atoms with Crippen LogP contribution < -0.4 is 9.46 Å². The maximum absolute atomic E-state index is 12.1. The van der Waals surface area contributed by atoms with Crippen LogP contribution in [0.15, 0.2) is 59.5 Å². The second kappa shape index (κ2) is 7.94. The number of methoxy groups -OCH3 is 1. The number of rotatable bonds is 7. The number of nitrogens with one attached hydrogen (secondary N) is 1. The molecule has 0 heterocycles. The molecule has 2 rings (SSSR count). The van der Waals surface area contributed by atoms with Gasteiger partial charge in [0.15, 0.2) is 0 Å². The lowest BCUT2D eigenvalue weighted by Crippen LogP contribution is -2.24. The molecule has 0 unspecified atom stereocenters. The summed E-state index contributed by atoms with van der Waals surface area (Å²) in [5.41, 5.74) is 2.08. The van der Waals surface area contributed by atoms with Crippen LogP contribution in [0.5, 0.6) is 5.75 Å². The Kier molecular flexibility index (Phi) is 5.96. The Hall–Kier alpha value is -2.11. The first-order chi connectivity index (χ1) is 11.0. The molecule has 23 heavy (non-hydrogen) atoms. The van der Waals surface area contributed by atoms with Crippen molar-refractivity contribution in [2.75, 3.05) is 13.7 Å². The molecule has 0 aromatic heterocycles. The number of sulfonamides is 1. The van der Waals surface area contributed by atoms with Crippen LogP contribution in [0.25, 0.3) is 6.08 Å². The molecule has 0 amide bonds. The Balaban J connectivity index is 1.84. The van der Waals surface area contributed by atoms with Gasteiger partial charge in [-0.3, -0.25) is 0 Å². The van der Waals surface area contributed by atoms with Crippen molar-refractivity contribution in [1.29, 1.82) is 0 Å². The molecule has 0 spiro atoms. The van der Waals surface area contributed by atoms with Gasteiger partial charge in [-0.05, 0) is 43.2 Å². The average molecular weight is 331 g/mol. The molecule has 4 nitrogen and oxygen atoms in total. The van der Waals surface area contributed by atoms with Gasteiger partial charge in [-0.15, -0.1) is 0 Å². The Morgan fingerprint density at radius 3 is 2.30 bits per heavy atom. The normalized spacial score (nSPS) is 11.7. The maximum Gasteiger partial charge on any atom is 0.240 e. The van der Waals surface area contributed by atoms with Gasteiger partial charge in [0.1, 0.15) is 5.75 Å². The summed E-state index contributed by atoms with van der Waals surface area (Å²) in [5, 5.41) is 0. The van der Waals surface area contributed by atoms with E-state index in [1.807, 2.05) is 43.3 Å². The van der Waals surface area contributed by atoms with Crippen LogP contribution in [0.1, 0.15) is 17.5 Å². The first kappa shape index (κ1) is 17.2. The highest BCUT2D eigenvalue weighted by Gasteiger charge is 2.11. The van der Waals surface area contributed by atoms with Crippen LogP contribution in [0.4, 0.5) is 0 Å². The lowest BCUT2D eigenvalue weighted by Gasteiger charge is -2.05. The van der Waals surface area contributed by atoms with Gasteiger partial charge in [0.05, 0.1) is 12.0 Å². The zero-order valence-corrected chi connectivity index (χ0v) is 14.1. The highest BCUT2D eigenvalue weighted by molar-refractivity contribution is 7.89. The molecule has 0 fully saturated rings. The summed E-state index contributed by atoms with van der Waals surface area (Å²) in [6.07, 6.45) is 4.52. The molecular formula is C18H21NO3S.